The minimum Gasteiger partial charge on any atom is -0.310 e. The van der Waals surface area contributed by atoms with Crippen molar-refractivity contribution >= 4 is 0 Å². The molecule has 1 N–H and O–H groups in total. The van der Waals surface area contributed by atoms with E-state index in [1.807, 2.05) is 17.1 Å². The molecule has 0 radical (unpaired) electrons. The van der Waals surface area contributed by atoms with Crippen molar-refractivity contribution in [2.45, 2.75) is 18.9 Å². The van der Waals surface area contributed by atoms with E-state index in [0.29, 0.717) is 6.04 Å². The molecule has 1 aromatic heterocycles. The second kappa shape index (κ2) is 4.10. The van der Waals surface area contributed by atoms with Gasteiger partial charge in [-0.3, -0.25) is 0 Å². The van der Waals surface area contributed by atoms with Crippen molar-refractivity contribution in [3.8, 4) is 5.69 Å². The summed E-state index contributed by atoms with van der Waals surface area (Å²) in [5.74, 6) is 0. The molecule has 1 aliphatic heterocycles. The largest absolute Gasteiger partial charge is 0.310 e. The van der Waals surface area contributed by atoms with Gasteiger partial charge in [0.1, 0.15) is 0 Å². The lowest BCUT2D eigenvalue weighted by molar-refractivity contribution is 0.647. The van der Waals surface area contributed by atoms with Crippen LogP contribution in [0.2, 0.25) is 0 Å². The number of hydrogen-bond donors (Lipinski definition) is 1. The Balaban J connectivity index is 1.84. The van der Waals surface area contributed by atoms with E-state index in [0.717, 1.165) is 6.54 Å². The molecule has 1 aliphatic rings. The Hall–Kier alpha value is -1.61. The van der Waals surface area contributed by atoms with Crippen LogP contribution in [0.25, 0.3) is 5.69 Å². The molecule has 0 saturated carbocycles. The summed E-state index contributed by atoms with van der Waals surface area (Å²) in [6.07, 6.45) is 8.12. The highest BCUT2D eigenvalue weighted by Crippen LogP contribution is 2.23. The molecule has 0 amide bonds. The number of nitrogens with one attached hydrogen (secondary N) is 1. The highest BCUT2D eigenvalue weighted by molar-refractivity contribution is 5.35. The number of imidazole rings is 1. The smallest absolute Gasteiger partial charge is 0.0991 e. The van der Waals surface area contributed by atoms with Crippen molar-refractivity contribution in [3.63, 3.8) is 0 Å². The fraction of sp³-hybridized carbons (Fsp3) is 0.308. The lowest BCUT2D eigenvalue weighted by Crippen LogP contribution is -2.12. The molecule has 0 aliphatic carbocycles. The zero-order valence-electron chi connectivity index (χ0n) is 9.13. The van der Waals surface area contributed by atoms with E-state index in [2.05, 4.69) is 34.6 Å². The minimum absolute atomic E-state index is 0.553. The first-order valence-electron chi connectivity index (χ1n) is 5.75. The third-order valence-electron chi connectivity index (χ3n) is 3.16. The zero-order chi connectivity index (χ0) is 10.8. The quantitative estimate of drug-likeness (QED) is 0.829. The van der Waals surface area contributed by atoms with E-state index in [-0.39, 0.29) is 0 Å². The van der Waals surface area contributed by atoms with Crippen LogP contribution >= 0.6 is 0 Å². The molecule has 3 rings (SSSR count). The molecular formula is C13H15N3. The van der Waals surface area contributed by atoms with Crippen molar-refractivity contribution in [1.82, 2.24) is 14.9 Å². The lowest BCUT2D eigenvalue weighted by Gasteiger charge is -2.11. The first-order chi connectivity index (χ1) is 7.93. The van der Waals surface area contributed by atoms with Crippen molar-refractivity contribution in [2.24, 2.45) is 0 Å². The van der Waals surface area contributed by atoms with Crippen LogP contribution in [0.3, 0.4) is 0 Å². The molecule has 2 heterocycles. The Labute approximate surface area is 95.1 Å². The van der Waals surface area contributed by atoms with Gasteiger partial charge in [0.05, 0.1) is 6.33 Å². The first-order valence-corrected chi connectivity index (χ1v) is 5.75. The predicted octanol–water partition coefficient (Wildman–Crippen LogP) is 2.30. The highest BCUT2D eigenvalue weighted by atomic mass is 15.0. The maximum Gasteiger partial charge on any atom is 0.0991 e. The van der Waals surface area contributed by atoms with Crippen molar-refractivity contribution < 1.29 is 0 Å². The number of benzene rings is 1. The molecule has 0 bridgehead atoms. The zero-order valence-corrected chi connectivity index (χ0v) is 9.13. The number of hydrogen-bond acceptors (Lipinski definition) is 2. The average Bonchev–Trinajstić information content (AvgIpc) is 3.03. The minimum atomic E-state index is 0.553. The molecule has 0 unspecified atom stereocenters. The summed E-state index contributed by atoms with van der Waals surface area (Å²) in [6, 6.07) is 9.27. The molecule has 1 aromatic carbocycles. The van der Waals surface area contributed by atoms with Crippen LogP contribution in [-0.2, 0) is 0 Å². The van der Waals surface area contributed by atoms with Gasteiger partial charge in [0.15, 0.2) is 0 Å². The van der Waals surface area contributed by atoms with Crippen molar-refractivity contribution in [2.75, 3.05) is 6.54 Å². The molecule has 3 heteroatoms. The van der Waals surface area contributed by atoms with Gasteiger partial charge in [0, 0.05) is 24.1 Å². The van der Waals surface area contributed by atoms with Crippen LogP contribution in [0.15, 0.2) is 43.0 Å². The van der Waals surface area contributed by atoms with Gasteiger partial charge in [0.25, 0.3) is 0 Å². The van der Waals surface area contributed by atoms with Crippen LogP contribution in [0.4, 0.5) is 0 Å². The molecule has 0 spiro atoms. The van der Waals surface area contributed by atoms with E-state index >= 15 is 0 Å². The van der Waals surface area contributed by atoms with Gasteiger partial charge in [-0.05, 0) is 37.1 Å². The third kappa shape index (κ3) is 1.74. The maximum absolute atomic E-state index is 4.05. The molecule has 1 fully saturated rings. The van der Waals surface area contributed by atoms with Crippen molar-refractivity contribution in [3.05, 3.63) is 48.5 Å². The molecule has 16 heavy (non-hydrogen) atoms. The Morgan fingerprint density at radius 1 is 1.25 bits per heavy atom. The van der Waals surface area contributed by atoms with E-state index in [1.165, 1.54) is 24.1 Å². The summed E-state index contributed by atoms with van der Waals surface area (Å²) < 4.78 is 2.02. The predicted molar refractivity (Wildman–Crippen MR) is 63.5 cm³/mol. The summed E-state index contributed by atoms with van der Waals surface area (Å²) in [4.78, 5) is 4.05. The fourth-order valence-electron chi connectivity index (χ4n) is 2.26. The summed E-state index contributed by atoms with van der Waals surface area (Å²) in [5.41, 5.74) is 2.56. The Morgan fingerprint density at radius 3 is 2.75 bits per heavy atom. The highest BCUT2D eigenvalue weighted by Gasteiger charge is 2.15. The topological polar surface area (TPSA) is 29.9 Å². The summed E-state index contributed by atoms with van der Waals surface area (Å²) in [7, 11) is 0. The summed E-state index contributed by atoms with van der Waals surface area (Å²) in [6.45, 7) is 1.15. The Bertz CT molecular complexity index is 439. The van der Waals surface area contributed by atoms with Gasteiger partial charge in [-0.1, -0.05) is 12.1 Å². The van der Waals surface area contributed by atoms with Gasteiger partial charge in [-0.2, -0.15) is 0 Å². The molecule has 3 nitrogen and oxygen atoms in total. The van der Waals surface area contributed by atoms with Gasteiger partial charge in [0.2, 0.25) is 0 Å². The van der Waals surface area contributed by atoms with Gasteiger partial charge in [-0.15, -0.1) is 0 Å². The van der Waals surface area contributed by atoms with E-state index in [9.17, 15) is 0 Å². The Morgan fingerprint density at radius 2 is 2.12 bits per heavy atom. The second-order valence-corrected chi connectivity index (χ2v) is 4.21. The fourth-order valence-corrected chi connectivity index (χ4v) is 2.26. The monoisotopic (exact) mass is 213 g/mol. The van der Waals surface area contributed by atoms with Gasteiger partial charge < -0.3 is 9.88 Å². The third-order valence-corrected chi connectivity index (χ3v) is 3.16. The molecule has 82 valence electrons. The normalized spacial score (nSPS) is 20.1. The SMILES string of the molecule is c1cn(-c2ccc([C@@H]3CCCN3)cc2)cn1. The summed E-state index contributed by atoms with van der Waals surface area (Å²) >= 11 is 0. The van der Waals surface area contributed by atoms with E-state index < -0.39 is 0 Å². The van der Waals surface area contributed by atoms with Gasteiger partial charge >= 0.3 is 0 Å². The molecule has 1 saturated heterocycles. The van der Waals surface area contributed by atoms with Crippen LogP contribution in [0.1, 0.15) is 24.4 Å². The van der Waals surface area contributed by atoms with Crippen LogP contribution in [-0.4, -0.2) is 16.1 Å². The molecule has 2 aromatic rings. The lowest BCUT2D eigenvalue weighted by atomic mass is 10.1. The maximum atomic E-state index is 4.05. The molecule has 1 atom stereocenters. The van der Waals surface area contributed by atoms with Crippen LogP contribution in [0.5, 0.6) is 0 Å². The van der Waals surface area contributed by atoms with Crippen molar-refractivity contribution in [1.29, 1.82) is 0 Å². The van der Waals surface area contributed by atoms with Crippen LogP contribution in [0, 0.1) is 0 Å². The second-order valence-electron chi connectivity index (χ2n) is 4.21. The molecular weight excluding hydrogens is 198 g/mol. The van der Waals surface area contributed by atoms with E-state index in [4.69, 9.17) is 0 Å². The number of aromatic nitrogens is 2. The standard InChI is InChI=1S/C13H15N3/c1-2-13(15-7-1)11-3-5-12(6-4-11)16-9-8-14-10-16/h3-6,8-10,13,15H,1-2,7H2/t13-/m0/s1. The average molecular weight is 213 g/mol. The van der Waals surface area contributed by atoms with Crippen LogP contribution < -0.4 is 5.32 Å². The number of nitrogens with zero attached hydrogens (tertiary/aromatic N) is 2. The summed E-state index contributed by atoms with van der Waals surface area (Å²) in [5, 5.41) is 3.51. The first kappa shape index (κ1) is 9.60. The number of rotatable bonds is 2. The Kier molecular flexibility index (Phi) is 2.46. The van der Waals surface area contributed by atoms with E-state index in [1.54, 1.807) is 6.20 Å². The van der Waals surface area contributed by atoms with Gasteiger partial charge in [-0.25, -0.2) is 4.98 Å².